The lowest BCUT2D eigenvalue weighted by atomic mass is 10.1. The summed E-state index contributed by atoms with van der Waals surface area (Å²) in [6.45, 7) is 4.74. The molecule has 1 aliphatic heterocycles. The summed E-state index contributed by atoms with van der Waals surface area (Å²) in [4.78, 5) is 24.9. The number of ether oxygens (including phenoxy) is 2. The van der Waals surface area contributed by atoms with E-state index >= 15 is 0 Å². The zero-order valence-electron chi connectivity index (χ0n) is 16.3. The van der Waals surface area contributed by atoms with E-state index in [2.05, 4.69) is 0 Å². The van der Waals surface area contributed by atoms with E-state index in [1.807, 2.05) is 19.1 Å². The van der Waals surface area contributed by atoms with Crippen LogP contribution in [0.2, 0.25) is 0 Å². The minimum absolute atomic E-state index is 0.0970. The second-order valence-electron chi connectivity index (χ2n) is 6.82. The average molecular weight is 417 g/mol. The molecular formula is C21H23NO6S. The summed E-state index contributed by atoms with van der Waals surface area (Å²) in [5, 5.41) is 0. The van der Waals surface area contributed by atoms with E-state index < -0.39 is 22.1 Å². The van der Waals surface area contributed by atoms with Crippen molar-refractivity contribution in [2.75, 3.05) is 26.3 Å². The van der Waals surface area contributed by atoms with Crippen LogP contribution < -0.4 is 0 Å². The highest BCUT2D eigenvalue weighted by Crippen LogP contribution is 2.18. The van der Waals surface area contributed by atoms with Gasteiger partial charge in [0.2, 0.25) is 15.8 Å². The molecular weight excluding hydrogens is 394 g/mol. The van der Waals surface area contributed by atoms with Crippen molar-refractivity contribution in [3.05, 3.63) is 65.2 Å². The van der Waals surface area contributed by atoms with Crippen molar-refractivity contribution < 1.29 is 27.5 Å². The number of benzene rings is 2. The van der Waals surface area contributed by atoms with Crippen LogP contribution in [0.1, 0.15) is 33.2 Å². The molecule has 8 heteroatoms. The molecule has 1 aliphatic rings. The van der Waals surface area contributed by atoms with E-state index in [9.17, 15) is 18.0 Å². The number of sulfonamides is 1. The molecule has 2 aromatic rings. The highest BCUT2D eigenvalue weighted by molar-refractivity contribution is 7.89. The van der Waals surface area contributed by atoms with Crippen molar-refractivity contribution in [2.45, 2.75) is 24.8 Å². The number of carbonyl (C=O) groups is 2. The van der Waals surface area contributed by atoms with Gasteiger partial charge in [0.05, 0.1) is 23.7 Å². The van der Waals surface area contributed by atoms with Gasteiger partial charge < -0.3 is 9.47 Å². The molecule has 0 radical (unpaired) electrons. The Labute approximate surface area is 170 Å². The number of Topliss-reactive ketones (excluding diaryl/α,β-unsaturated/α-hetero) is 1. The number of rotatable bonds is 6. The molecule has 0 bridgehead atoms. The summed E-state index contributed by atoms with van der Waals surface area (Å²) in [6.07, 6.45) is -0.957. The van der Waals surface area contributed by atoms with Gasteiger partial charge in [0, 0.05) is 18.7 Å². The maximum Gasteiger partial charge on any atom is 0.338 e. The van der Waals surface area contributed by atoms with Crippen LogP contribution in [-0.4, -0.2) is 56.9 Å². The summed E-state index contributed by atoms with van der Waals surface area (Å²) in [5.41, 5.74) is 1.66. The molecule has 0 N–H and O–H groups in total. The molecule has 3 rings (SSSR count). The third-order valence-electron chi connectivity index (χ3n) is 4.69. The van der Waals surface area contributed by atoms with Crippen molar-refractivity contribution >= 4 is 21.8 Å². The van der Waals surface area contributed by atoms with Crippen molar-refractivity contribution in [3.63, 3.8) is 0 Å². The Morgan fingerprint density at radius 1 is 0.966 bits per heavy atom. The summed E-state index contributed by atoms with van der Waals surface area (Å²) in [7, 11) is -3.63. The van der Waals surface area contributed by atoms with Gasteiger partial charge in [-0.05, 0) is 38.1 Å². The van der Waals surface area contributed by atoms with Gasteiger partial charge in [0.25, 0.3) is 0 Å². The topological polar surface area (TPSA) is 90.0 Å². The second-order valence-corrected chi connectivity index (χ2v) is 8.76. The van der Waals surface area contributed by atoms with E-state index in [-0.39, 0.29) is 16.2 Å². The van der Waals surface area contributed by atoms with Gasteiger partial charge in [0.15, 0.2) is 6.10 Å². The maximum absolute atomic E-state index is 12.6. The molecule has 0 amide bonds. The van der Waals surface area contributed by atoms with Crippen molar-refractivity contribution in [1.82, 2.24) is 4.31 Å². The largest absolute Gasteiger partial charge is 0.451 e. The number of esters is 1. The van der Waals surface area contributed by atoms with Crippen LogP contribution in [0.4, 0.5) is 0 Å². The fourth-order valence-corrected chi connectivity index (χ4v) is 4.34. The molecule has 1 heterocycles. The predicted octanol–water partition coefficient (Wildman–Crippen LogP) is 2.44. The van der Waals surface area contributed by atoms with Crippen LogP contribution in [-0.2, 0) is 19.5 Å². The number of hydrogen-bond donors (Lipinski definition) is 0. The average Bonchev–Trinajstić information content (AvgIpc) is 2.74. The molecule has 2 aromatic carbocycles. The van der Waals surface area contributed by atoms with Gasteiger partial charge in [-0.2, -0.15) is 4.31 Å². The molecule has 1 fully saturated rings. The number of nitrogens with zero attached hydrogens (tertiary/aromatic N) is 1. The first kappa shape index (κ1) is 21.2. The van der Waals surface area contributed by atoms with Crippen molar-refractivity contribution in [1.29, 1.82) is 0 Å². The second kappa shape index (κ2) is 8.86. The number of aryl methyl sites for hydroxylation is 1. The van der Waals surface area contributed by atoms with Crippen molar-refractivity contribution in [2.24, 2.45) is 0 Å². The van der Waals surface area contributed by atoms with Crippen LogP contribution in [0, 0.1) is 6.92 Å². The van der Waals surface area contributed by atoms with Gasteiger partial charge in [-0.1, -0.05) is 29.8 Å². The molecule has 1 saturated heterocycles. The highest BCUT2D eigenvalue weighted by atomic mass is 32.2. The lowest BCUT2D eigenvalue weighted by Crippen LogP contribution is -2.40. The minimum Gasteiger partial charge on any atom is -0.451 e. The molecule has 0 saturated carbocycles. The fraction of sp³-hybridized carbons (Fsp3) is 0.333. The Bertz CT molecular complexity index is 977. The summed E-state index contributed by atoms with van der Waals surface area (Å²) < 4.78 is 37.0. The van der Waals surface area contributed by atoms with Gasteiger partial charge in [0.1, 0.15) is 0 Å². The minimum atomic E-state index is -3.63. The zero-order valence-corrected chi connectivity index (χ0v) is 17.1. The monoisotopic (exact) mass is 417 g/mol. The molecule has 0 aliphatic carbocycles. The van der Waals surface area contributed by atoms with E-state index in [1.165, 1.54) is 35.5 Å². The van der Waals surface area contributed by atoms with Crippen molar-refractivity contribution in [3.8, 4) is 0 Å². The Hall–Kier alpha value is -2.55. The van der Waals surface area contributed by atoms with Gasteiger partial charge in [-0.25, -0.2) is 13.2 Å². The molecule has 154 valence electrons. The van der Waals surface area contributed by atoms with E-state index in [0.717, 1.165) is 5.56 Å². The number of hydrogen-bond acceptors (Lipinski definition) is 6. The first-order valence-electron chi connectivity index (χ1n) is 9.29. The van der Waals surface area contributed by atoms with Gasteiger partial charge in [-0.3, -0.25) is 4.79 Å². The Morgan fingerprint density at radius 2 is 1.52 bits per heavy atom. The first-order chi connectivity index (χ1) is 13.8. The molecule has 1 unspecified atom stereocenters. The Balaban J connectivity index is 1.67. The fourth-order valence-electron chi connectivity index (χ4n) is 2.93. The molecule has 0 aromatic heterocycles. The standard InChI is InChI=1S/C21H23NO6S/c1-15-3-5-17(6-4-15)20(23)16(2)28-21(24)18-7-9-19(10-8-18)29(25,26)22-11-13-27-14-12-22/h3-10,16H,11-14H2,1-2H3. The van der Waals surface area contributed by atoms with Crippen LogP contribution in [0.15, 0.2) is 53.4 Å². The third-order valence-corrected chi connectivity index (χ3v) is 6.60. The van der Waals surface area contributed by atoms with E-state index in [1.54, 1.807) is 12.1 Å². The summed E-state index contributed by atoms with van der Waals surface area (Å²) >= 11 is 0. The molecule has 0 spiro atoms. The van der Waals surface area contributed by atoms with E-state index in [4.69, 9.17) is 9.47 Å². The Kier molecular flexibility index (Phi) is 6.46. The normalized spacial score (nSPS) is 16.2. The lowest BCUT2D eigenvalue weighted by Gasteiger charge is -2.26. The third kappa shape index (κ3) is 4.90. The highest BCUT2D eigenvalue weighted by Gasteiger charge is 2.27. The molecule has 29 heavy (non-hydrogen) atoms. The SMILES string of the molecule is Cc1ccc(C(=O)C(C)OC(=O)c2ccc(S(=O)(=O)N3CCOCC3)cc2)cc1. The lowest BCUT2D eigenvalue weighted by molar-refractivity contribution is 0.0318. The predicted molar refractivity (Wildman–Crippen MR) is 106 cm³/mol. The first-order valence-corrected chi connectivity index (χ1v) is 10.7. The summed E-state index contributed by atoms with van der Waals surface area (Å²) in [6, 6.07) is 12.5. The van der Waals surface area contributed by atoms with Crippen LogP contribution in [0.5, 0.6) is 0 Å². The van der Waals surface area contributed by atoms with Crippen LogP contribution in [0.3, 0.4) is 0 Å². The smallest absolute Gasteiger partial charge is 0.338 e. The van der Waals surface area contributed by atoms with Crippen LogP contribution >= 0.6 is 0 Å². The van der Waals surface area contributed by atoms with Gasteiger partial charge >= 0.3 is 5.97 Å². The van der Waals surface area contributed by atoms with Gasteiger partial charge in [-0.15, -0.1) is 0 Å². The quantitative estimate of drug-likeness (QED) is 0.530. The molecule has 1 atom stereocenters. The zero-order chi connectivity index (χ0) is 21.0. The molecule has 7 nitrogen and oxygen atoms in total. The van der Waals surface area contributed by atoms with E-state index in [0.29, 0.717) is 31.9 Å². The number of carbonyl (C=O) groups excluding carboxylic acids is 2. The Morgan fingerprint density at radius 3 is 2.10 bits per heavy atom. The summed E-state index contributed by atoms with van der Waals surface area (Å²) in [5.74, 6) is -0.988. The number of ketones is 1. The maximum atomic E-state index is 12.6. The number of morpholine rings is 1. The van der Waals surface area contributed by atoms with Crippen LogP contribution in [0.25, 0.3) is 0 Å².